The van der Waals surface area contributed by atoms with Crippen LogP contribution in [0.25, 0.3) is 0 Å². The summed E-state index contributed by atoms with van der Waals surface area (Å²) < 4.78 is 26.3. The summed E-state index contributed by atoms with van der Waals surface area (Å²) in [6, 6.07) is 2.61. The molecule has 0 radical (unpaired) electrons. The molecule has 5 heteroatoms. The van der Waals surface area contributed by atoms with Crippen LogP contribution < -0.4 is 5.32 Å². The van der Waals surface area contributed by atoms with Crippen LogP contribution in [-0.2, 0) is 4.79 Å². The van der Waals surface area contributed by atoms with E-state index < -0.39 is 29.1 Å². The number of hydrogen-bond acceptors (Lipinski definition) is 2. The molecule has 0 aromatic heterocycles. The zero-order chi connectivity index (χ0) is 13.2. The van der Waals surface area contributed by atoms with Gasteiger partial charge in [0.05, 0.1) is 5.69 Å². The summed E-state index contributed by atoms with van der Waals surface area (Å²) in [7, 11) is 0. The van der Waals surface area contributed by atoms with Crippen LogP contribution in [0.15, 0.2) is 18.2 Å². The van der Waals surface area contributed by atoms with Crippen molar-refractivity contribution in [2.24, 2.45) is 5.41 Å². The lowest BCUT2D eigenvalue weighted by Gasteiger charge is -2.28. The van der Waals surface area contributed by atoms with E-state index in [1.54, 1.807) is 20.8 Å². The minimum atomic E-state index is -1.11. The fraction of sp³-hybridized carbons (Fsp3) is 0.417. The average molecular weight is 243 g/mol. The highest BCUT2D eigenvalue weighted by atomic mass is 19.2. The molecule has 0 fully saturated rings. The number of anilines is 1. The van der Waals surface area contributed by atoms with Crippen LogP contribution in [0.4, 0.5) is 14.5 Å². The third-order valence-electron chi connectivity index (χ3n) is 2.36. The van der Waals surface area contributed by atoms with E-state index in [-0.39, 0.29) is 5.69 Å². The Labute approximate surface area is 98.5 Å². The van der Waals surface area contributed by atoms with Gasteiger partial charge < -0.3 is 10.4 Å². The smallest absolute Gasteiger partial charge is 0.326 e. The third kappa shape index (κ3) is 3.15. The Morgan fingerprint density at radius 3 is 2.41 bits per heavy atom. The molecule has 3 nitrogen and oxygen atoms in total. The second-order valence-electron chi connectivity index (χ2n) is 4.88. The molecule has 0 heterocycles. The number of hydrogen-bond donors (Lipinski definition) is 2. The summed E-state index contributed by atoms with van der Waals surface area (Å²) in [4.78, 5) is 11.1. The fourth-order valence-electron chi connectivity index (χ4n) is 1.42. The van der Waals surface area contributed by atoms with Gasteiger partial charge in [-0.3, -0.25) is 0 Å². The highest BCUT2D eigenvalue weighted by Gasteiger charge is 2.31. The lowest BCUT2D eigenvalue weighted by Crippen LogP contribution is -2.41. The van der Waals surface area contributed by atoms with E-state index in [9.17, 15) is 13.6 Å². The van der Waals surface area contributed by atoms with Gasteiger partial charge in [0.25, 0.3) is 0 Å². The maximum atomic E-state index is 13.4. The summed E-state index contributed by atoms with van der Waals surface area (Å²) in [5.74, 6) is -3.18. The van der Waals surface area contributed by atoms with E-state index in [2.05, 4.69) is 5.32 Å². The molecule has 0 aliphatic rings. The molecule has 0 aliphatic carbocycles. The number of rotatable bonds is 3. The van der Waals surface area contributed by atoms with Crippen molar-refractivity contribution in [2.45, 2.75) is 26.8 Å². The van der Waals surface area contributed by atoms with Crippen LogP contribution in [0.1, 0.15) is 20.8 Å². The van der Waals surface area contributed by atoms with Crippen molar-refractivity contribution in [3.05, 3.63) is 29.8 Å². The summed E-state index contributed by atoms with van der Waals surface area (Å²) in [5.41, 5.74) is -0.766. The first-order valence-electron chi connectivity index (χ1n) is 5.17. The maximum Gasteiger partial charge on any atom is 0.326 e. The normalized spacial score (nSPS) is 13.2. The van der Waals surface area contributed by atoms with Crippen molar-refractivity contribution in [3.63, 3.8) is 0 Å². The van der Waals surface area contributed by atoms with E-state index in [0.717, 1.165) is 6.07 Å². The molecule has 1 aromatic rings. The maximum absolute atomic E-state index is 13.4. The van der Waals surface area contributed by atoms with Crippen LogP contribution in [0.2, 0.25) is 0 Å². The molecule has 0 spiro atoms. The number of nitrogens with one attached hydrogen (secondary N) is 1. The topological polar surface area (TPSA) is 49.3 Å². The van der Waals surface area contributed by atoms with Gasteiger partial charge in [-0.1, -0.05) is 26.8 Å². The molecule has 0 saturated carbocycles. The number of carboxylic acids is 1. The number of carbonyl (C=O) groups is 1. The first-order valence-corrected chi connectivity index (χ1v) is 5.17. The highest BCUT2D eigenvalue weighted by molar-refractivity contribution is 5.78. The van der Waals surface area contributed by atoms with E-state index in [4.69, 9.17) is 5.11 Å². The predicted molar refractivity (Wildman–Crippen MR) is 60.9 cm³/mol. The second-order valence-corrected chi connectivity index (χ2v) is 4.88. The monoisotopic (exact) mass is 243 g/mol. The molecule has 0 bridgehead atoms. The van der Waals surface area contributed by atoms with E-state index in [1.165, 1.54) is 12.1 Å². The van der Waals surface area contributed by atoms with Crippen molar-refractivity contribution in [1.29, 1.82) is 0 Å². The molecule has 0 aliphatic heterocycles. The fourth-order valence-corrected chi connectivity index (χ4v) is 1.42. The zero-order valence-electron chi connectivity index (χ0n) is 9.92. The van der Waals surface area contributed by atoms with Crippen molar-refractivity contribution in [3.8, 4) is 0 Å². The van der Waals surface area contributed by atoms with Crippen molar-refractivity contribution < 1.29 is 18.7 Å². The Morgan fingerprint density at radius 2 is 1.94 bits per heavy atom. The van der Waals surface area contributed by atoms with Crippen molar-refractivity contribution in [2.75, 3.05) is 5.32 Å². The Morgan fingerprint density at radius 1 is 1.35 bits per heavy atom. The molecule has 94 valence electrons. The molecular weight excluding hydrogens is 228 g/mol. The number of benzene rings is 1. The minimum absolute atomic E-state index is 0.146. The molecule has 17 heavy (non-hydrogen) atoms. The first-order chi connectivity index (χ1) is 7.73. The average Bonchev–Trinajstić information content (AvgIpc) is 2.17. The highest BCUT2D eigenvalue weighted by Crippen LogP contribution is 2.25. The molecule has 1 unspecified atom stereocenters. The van der Waals surface area contributed by atoms with Gasteiger partial charge in [-0.25, -0.2) is 13.6 Å². The molecule has 1 aromatic carbocycles. The van der Waals surface area contributed by atoms with Crippen molar-refractivity contribution in [1.82, 2.24) is 0 Å². The van der Waals surface area contributed by atoms with E-state index >= 15 is 0 Å². The minimum Gasteiger partial charge on any atom is -0.480 e. The number of halogens is 2. The van der Waals surface area contributed by atoms with Gasteiger partial charge >= 0.3 is 5.97 Å². The molecule has 1 rings (SSSR count). The standard InChI is InChI=1S/C12H15F2NO2/c1-12(2,3)10(11(16)17)15-8-6-4-5-7(13)9(8)14/h4-6,10,15H,1-3H3,(H,16,17). The van der Waals surface area contributed by atoms with Crippen LogP contribution in [-0.4, -0.2) is 17.1 Å². The van der Waals surface area contributed by atoms with Gasteiger partial charge in [0.1, 0.15) is 6.04 Å². The molecule has 0 amide bonds. The Hall–Kier alpha value is -1.65. The summed E-state index contributed by atoms with van der Waals surface area (Å²) in [6.45, 7) is 5.11. The van der Waals surface area contributed by atoms with Gasteiger partial charge in [0, 0.05) is 0 Å². The van der Waals surface area contributed by atoms with Gasteiger partial charge in [-0.15, -0.1) is 0 Å². The van der Waals surface area contributed by atoms with Gasteiger partial charge in [0.15, 0.2) is 11.6 Å². The van der Waals surface area contributed by atoms with Gasteiger partial charge in [-0.2, -0.15) is 0 Å². The first kappa shape index (κ1) is 13.4. The summed E-state index contributed by atoms with van der Waals surface area (Å²) >= 11 is 0. The largest absolute Gasteiger partial charge is 0.480 e. The number of carboxylic acid groups (broad SMARTS) is 1. The quantitative estimate of drug-likeness (QED) is 0.858. The Kier molecular flexibility index (Phi) is 3.70. The molecular formula is C12H15F2NO2. The second kappa shape index (κ2) is 4.69. The van der Waals surface area contributed by atoms with Crippen LogP contribution in [0.5, 0.6) is 0 Å². The van der Waals surface area contributed by atoms with Crippen LogP contribution in [0, 0.1) is 17.0 Å². The van der Waals surface area contributed by atoms with E-state index in [1.807, 2.05) is 0 Å². The molecule has 2 N–H and O–H groups in total. The van der Waals surface area contributed by atoms with Crippen LogP contribution >= 0.6 is 0 Å². The van der Waals surface area contributed by atoms with Gasteiger partial charge in [-0.05, 0) is 17.5 Å². The Bertz CT molecular complexity index is 427. The predicted octanol–water partition coefficient (Wildman–Crippen LogP) is 2.88. The van der Waals surface area contributed by atoms with Crippen LogP contribution in [0.3, 0.4) is 0 Å². The lowest BCUT2D eigenvalue weighted by molar-refractivity contribution is -0.140. The summed E-state index contributed by atoms with van der Waals surface area (Å²) in [5, 5.41) is 11.6. The Balaban J connectivity index is 3.03. The van der Waals surface area contributed by atoms with Crippen molar-refractivity contribution >= 4 is 11.7 Å². The molecule has 1 atom stereocenters. The van der Waals surface area contributed by atoms with Gasteiger partial charge in [0.2, 0.25) is 0 Å². The number of aliphatic carboxylic acids is 1. The van der Waals surface area contributed by atoms with E-state index in [0.29, 0.717) is 0 Å². The lowest BCUT2D eigenvalue weighted by atomic mass is 9.86. The molecule has 0 saturated heterocycles. The SMILES string of the molecule is CC(C)(C)C(Nc1cccc(F)c1F)C(=O)O. The summed E-state index contributed by atoms with van der Waals surface area (Å²) in [6.07, 6.45) is 0. The zero-order valence-corrected chi connectivity index (χ0v) is 9.92. The third-order valence-corrected chi connectivity index (χ3v) is 2.36.